The smallest absolute Gasteiger partial charge is 0.223 e. The summed E-state index contributed by atoms with van der Waals surface area (Å²) < 4.78 is 5.06. The maximum Gasteiger partial charge on any atom is 0.223 e. The van der Waals surface area contributed by atoms with Crippen LogP contribution in [0.1, 0.15) is 36.7 Å². The molecule has 2 aromatic heterocycles. The van der Waals surface area contributed by atoms with E-state index in [1.165, 1.54) is 5.56 Å². The number of hydrogen-bond donors (Lipinski definition) is 1. The van der Waals surface area contributed by atoms with Crippen molar-refractivity contribution >= 4 is 16.7 Å². The molecule has 3 aromatic rings. The minimum Gasteiger partial charge on any atom is -0.359 e. The zero-order chi connectivity index (χ0) is 14.8. The van der Waals surface area contributed by atoms with Gasteiger partial charge in [-0.3, -0.25) is 0 Å². The van der Waals surface area contributed by atoms with Crippen LogP contribution in [0, 0.1) is 13.8 Å². The minimum atomic E-state index is -0.0407. The second-order valence-electron chi connectivity index (χ2n) is 5.02. The molecule has 0 aliphatic rings. The summed E-state index contributed by atoms with van der Waals surface area (Å²) in [6.45, 7) is 5.90. The van der Waals surface area contributed by atoms with Crippen LogP contribution in [0.5, 0.6) is 0 Å². The second kappa shape index (κ2) is 5.47. The number of aryl methyl sites for hydroxylation is 2. The van der Waals surface area contributed by atoms with E-state index in [2.05, 4.69) is 45.3 Å². The SMILES string of the molecule is CCC(Nc1ncnc2ccc(C)cc12)c1noc(C)n1. The van der Waals surface area contributed by atoms with Gasteiger partial charge in [0, 0.05) is 12.3 Å². The largest absolute Gasteiger partial charge is 0.359 e. The lowest BCUT2D eigenvalue weighted by molar-refractivity contribution is 0.384. The third-order valence-electron chi connectivity index (χ3n) is 3.36. The molecule has 3 rings (SSSR count). The Morgan fingerprint density at radius 3 is 2.81 bits per heavy atom. The third kappa shape index (κ3) is 2.69. The topological polar surface area (TPSA) is 76.7 Å². The summed E-state index contributed by atoms with van der Waals surface area (Å²) in [5, 5.41) is 8.38. The fourth-order valence-electron chi connectivity index (χ4n) is 2.26. The lowest BCUT2D eigenvalue weighted by Gasteiger charge is -2.15. The molecule has 0 saturated heterocycles. The standard InChI is InChI=1S/C15H17N5O/c1-4-12(15-18-10(3)21-20-15)19-14-11-7-9(2)5-6-13(11)16-8-17-14/h5-8,12H,4H2,1-3H3,(H,16,17,19). The molecule has 1 N–H and O–H groups in total. The normalized spacial score (nSPS) is 12.5. The molecule has 0 radical (unpaired) electrons. The van der Waals surface area contributed by atoms with Crippen molar-refractivity contribution < 1.29 is 4.52 Å². The van der Waals surface area contributed by atoms with Crippen molar-refractivity contribution in [2.24, 2.45) is 0 Å². The number of anilines is 1. The van der Waals surface area contributed by atoms with E-state index in [1.54, 1.807) is 13.3 Å². The minimum absolute atomic E-state index is 0.0407. The highest BCUT2D eigenvalue weighted by Crippen LogP contribution is 2.25. The molecule has 0 saturated carbocycles. The number of hydrogen-bond acceptors (Lipinski definition) is 6. The summed E-state index contributed by atoms with van der Waals surface area (Å²) in [5.41, 5.74) is 2.08. The van der Waals surface area contributed by atoms with Crippen LogP contribution >= 0.6 is 0 Å². The summed E-state index contributed by atoms with van der Waals surface area (Å²) in [4.78, 5) is 12.9. The first kappa shape index (κ1) is 13.5. The molecule has 21 heavy (non-hydrogen) atoms. The van der Waals surface area contributed by atoms with Gasteiger partial charge in [-0.25, -0.2) is 9.97 Å². The number of nitrogens with zero attached hydrogens (tertiary/aromatic N) is 4. The highest BCUT2D eigenvalue weighted by molar-refractivity contribution is 5.89. The van der Waals surface area contributed by atoms with Crippen molar-refractivity contribution in [3.8, 4) is 0 Å². The molecular weight excluding hydrogens is 266 g/mol. The Hall–Kier alpha value is -2.50. The van der Waals surface area contributed by atoms with Crippen molar-refractivity contribution in [3.05, 3.63) is 41.8 Å². The van der Waals surface area contributed by atoms with Gasteiger partial charge in [0.25, 0.3) is 0 Å². The molecule has 6 nitrogen and oxygen atoms in total. The Morgan fingerprint density at radius 2 is 2.10 bits per heavy atom. The van der Waals surface area contributed by atoms with E-state index >= 15 is 0 Å². The van der Waals surface area contributed by atoms with Crippen LogP contribution in [0.2, 0.25) is 0 Å². The van der Waals surface area contributed by atoms with Crippen molar-refractivity contribution in [2.45, 2.75) is 33.2 Å². The Labute approximate surface area is 122 Å². The first-order chi connectivity index (χ1) is 10.2. The molecule has 0 fully saturated rings. The Balaban J connectivity index is 1.98. The summed E-state index contributed by atoms with van der Waals surface area (Å²) in [6, 6.07) is 6.07. The second-order valence-corrected chi connectivity index (χ2v) is 5.02. The van der Waals surface area contributed by atoms with Crippen molar-refractivity contribution in [1.29, 1.82) is 0 Å². The lowest BCUT2D eigenvalue weighted by atomic mass is 10.1. The molecule has 0 amide bonds. The summed E-state index contributed by atoms with van der Waals surface area (Å²) >= 11 is 0. The fourth-order valence-corrected chi connectivity index (χ4v) is 2.26. The van der Waals surface area contributed by atoms with Crippen LogP contribution in [0.3, 0.4) is 0 Å². The number of fused-ring (bicyclic) bond motifs is 1. The maximum absolute atomic E-state index is 5.06. The van der Waals surface area contributed by atoms with E-state index in [4.69, 9.17) is 4.52 Å². The Kier molecular flexibility index (Phi) is 3.51. The first-order valence-electron chi connectivity index (χ1n) is 6.95. The van der Waals surface area contributed by atoms with Crippen LogP contribution in [-0.4, -0.2) is 20.1 Å². The van der Waals surface area contributed by atoms with Gasteiger partial charge in [0.2, 0.25) is 5.89 Å². The van der Waals surface area contributed by atoms with E-state index in [1.807, 2.05) is 12.1 Å². The van der Waals surface area contributed by atoms with Gasteiger partial charge in [0.05, 0.1) is 11.6 Å². The zero-order valence-corrected chi connectivity index (χ0v) is 12.3. The van der Waals surface area contributed by atoms with Gasteiger partial charge in [-0.05, 0) is 25.5 Å². The van der Waals surface area contributed by atoms with Crippen LogP contribution in [-0.2, 0) is 0 Å². The molecule has 6 heteroatoms. The van der Waals surface area contributed by atoms with Gasteiger partial charge in [-0.2, -0.15) is 4.98 Å². The first-order valence-corrected chi connectivity index (χ1v) is 6.95. The molecule has 0 spiro atoms. The van der Waals surface area contributed by atoms with Crippen LogP contribution in [0.25, 0.3) is 10.9 Å². The molecule has 1 unspecified atom stereocenters. The van der Waals surface area contributed by atoms with E-state index in [-0.39, 0.29) is 6.04 Å². The van der Waals surface area contributed by atoms with Gasteiger partial charge >= 0.3 is 0 Å². The van der Waals surface area contributed by atoms with Gasteiger partial charge in [-0.1, -0.05) is 23.7 Å². The van der Waals surface area contributed by atoms with Crippen molar-refractivity contribution in [3.63, 3.8) is 0 Å². The highest BCUT2D eigenvalue weighted by atomic mass is 16.5. The van der Waals surface area contributed by atoms with Gasteiger partial charge in [0.1, 0.15) is 12.1 Å². The van der Waals surface area contributed by atoms with Crippen LogP contribution in [0.4, 0.5) is 5.82 Å². The van der Waals surface area contributed by atoms with Gasteiger partial charge in [-0.15, -0.1) is 0 Å². The van der Waals surface area contributed by atoms with Gasteiger partial charge in [0.15, 0.2) is 5.82 Å². The molecule has 1 aromatic carbocycles. The molecule has 2 heterocycles. The predicted octanol–water partition coefficient (Wildman–Crippen LogP) is 3.19. The molecule has 0 aliphatic heterocycles. The summed E-state index contributed by atoms with van der Waals surface area (Å²) in [7, 11) is 0. The number of benzene rings is 1. The summed E-state index contributed by atoms with van der Waals surface area (Å²) in [6.07, 6.45) is 2.39. The number of aromatic nitrogens is 4. The zero-order valence-electron chi connectivity index (χ0n) is 12.3. The lowest BCUT2D eigenvalue weighted by Crippen LogP contribution is -2.13. The van der Waals surface area contributed by atoms with E-state index in [0.717, 1.165) is 23.1 Å². The van der Waals surface area contributed by atoms with E-state index in [9.17, 15) is 0 Å². The van der Waals surface area contributed by atoms with Crippen molar-refractivity contribution in [1.82, 2.24) is 20.1 Å². The Bertz CT molecular complexity index is 768. The van der Waals surface area contributed by atoms with Gasteiger partial charge < -0.3 is 9.84 Å². The maximum atomic E-state index is 5.06. The quantitative estimate of drug-likeness (QED) is 0.792. The Morgan fingerprint density at radius 1 is 1.24 bits per heavy atom. The highest BCUT2D eigenvalue weighted by Gasteiger charge is 2.17. The third-order valence-corrected chi connectivity index (χ3v) is 3.36. The van der Waals surface area contributed by atoms with Crippen LogP contribution in [0.15, 0.2) is 29.0 Å². The molecule has 0 aliphatic carbocycles. The average Bonchev–Trinajstić information content (AvgIpc) is 2.91. The van der Waals surface area contributed by atoms with E-state index < -0.39 is 0 Å². The molecular formula is C15H17N5O. The van der Waals surface area contributed by atoms with Crippen LogP contribution < -0.4 is 5.32 Å². The molecule has 108 valence electrons. The number of nitrogens with one attached hydrogen (secondary N) is 1. The van der Waals surface area contributed by atoms with E-state index in [0.29, 0.717) is 11.7 Å². The molecule has 0 bridgehead atoms. The number of rotatable bonds is 4. The monoisotopic (exact) mass is 283 g/mol. The predicted molar refractivity (Wildman–Crippen MR) is 80.0 cm³/mol. The fraction of sp³-hybridized carbons (Fsp3) is 0.333. The average molecular weight is 283 g/mol. The molecule has 1 atom stereocenters. The summed E-state index contributed by atoms with van der Waals surface area (Å²) in [5.74, 6) is 2.00. The van der Waals surface area contributed by atoms with Crippen molar-refractivity contribution in [2.75, 3.05) is 5.32 Å².